The van der Waals surface area contributed by atoms with E-state index in [0.717, 1.165) is 21.5 Å². The molecule has 0 atom stereocenters. The number of hydrogen-bond acceptors (Lipinski definition) is 4. The monoisotopic (exact) mass is 280 g/mol. The van der Waals surface area contributed by atoms with Gasteiger partial charge in [-0.25, -0.2) is 0 Å². The molecule has 0 aromatic heterocycles. The highest BCUT2D eigenvalue weighted by Gasteiger charge is 2.15. The van der Waals surface area contributed by atoms with E-state index in [1.165, 1.54) is 5.56 Å². The molecule has 0 aliphatic carbocycles. The minimum absolute atomic E-state index is 0.304. The molecular weight excluding hydrogens is 260 g/mol. The van der Waals surface area contributed by atoms with Crippen LogP contribution in [0.4, 0.5) is 22.7 Å². The molecule has 0 spiro atoms. The van der Waals surface area contributed by atoms with Gasteiger partial charge in [0.05, 0.1) is 0 Å². The van der Waals surface area contributed by atoms with Crippen molar-refractivity contribution in [3.05, 3.63) is 35.9 Å². The van der Waals surface area contributed by atoms with Crippen molar-refractivity contribution in [2.45, 2.75) is 19.8 Å². The third-order valence-corrected chi connectivity index (χ3v) is 3.92. The highest BCUT2D eigenvalue weighted by Crippen LogP contribution is 2.39. The lowest BCUT2D eigenvalue weighted by Crippen LogP contribution is -2.00. The van der Waals surface area contributed by atoms with E-state index >= 15 is 0 Å². The van der Waals surface area contributed by atoms with Crippen molar-refractivity contribution in [3.63, 3.8) is 0 Å². The molecule has 3 aromatic carbocycles. The van der Waals surface area contributed by atoms with Crippen molar-refractivity contribution in [3.8, 4) is 0 Å². The van der Waals surface area contributed by atoms with Gasteiger partial charge in [-0.2, -0.15) is 0 Å². The van der Waals surface area contributed by atoms with Gasteiger partial charge in [0, 0.05) is 33.5 Å². The number of nitrogen functional groups attached to an aromatic ring is 4. The Morgan fingerprint density at radius 1 is 0.619 bits per heavy atom. The summed E-state index contributed by atoms with van der Waals surface area (Å²) in [4.78, 5) is 0. The Labute approximate surface area is 123 Å². The number of rotatable bonds is 1. The number of benzene rings is 3. The van der Waals surface area contributed by atoms with Crippen LogP contribution in [0.1, 0.15) is 25.3 Å². The molecule has 3 rings (SSSR count). The molecule has 0 fully saturated rings. The summed E-state index contributed by atoms with van der Waals surface area (Å²) in [5, 5.41) is 4.11. The summed E-state index contributed by atoms with van der Waals surface area (Å²) in [7, 11) is 0. The van der Waals surface area contributed by atoms with E-state index in [0.29, 0.717) is 28.7 Å². The van der Waals surface area contributed by atoms with E-state index in [4.69, 9.17) is 22.9 Å². The fourth-order valence-electron chi connectivity index (χ4n) is 3.08. The summed E-state index contributed by atoms with van der Waals surface area (Å²) in [6.45, 7) is 4.29. The number of fused-ring (bicyclic) bond motifs is 2. The van der Waals surface area contributed by atoms with Crippen LogP contribution < -0.4 is 22.9 Å². The van der Waals surface area contributed by atoms with Crippen LogP contribution in [0.2, 0.25) is 0 Å². The van der Waals surface area contributed by atoms with Gasteiger partial charge in [0.1, 0.15) is 0 Å². The molecule has 0 saturated heterocycles. The Hall–Kier alpha value is -2.62. The van der Waals surface area contributed by atoms with E-state index in [9.17, 15) is 0 Å². The average Bonchev–Trinajstić information content (AvgIpc) is 2.35. The van der Waals surface area contributed by atoms with Gasteiger partial charge in [0.15, 0.2) is 0 Å². The predicted octanol–water partition coefficient (Wildman–Crippen LogP) is 3.45. The van der Waals surface area contributed by atoms with Gasteiger partial charge in [-0.15, -0.1) is 0 Å². The second kappa shape index (κ2) is 4.45. The first-order valence-electron chi connectivity index (χ1n) is 6.98. The smallest absolute Gasteiger partial charge is 0.0414 e. The lowest BCUT2D eigenvalue weighted by atomic mass is 9.88. The van der Waals surface area contributed by atoms with E-state index in [1.807, 2.05) is 18.2 Å². The molecule has 0 aliphatic rings. The normalized spacial score (nSPS) is 11.6. The summed E-state index contributed by atoms with van der Waals surface area (Å²) in [6, 6.07) is 9.54. The van der Waals surface area contributed by atoms with Crippen LogP contribution in [0.15, 0.2) is 30.3 Å². The Bertz CT molecular complexity index is 800. The first-order valence-corrected chi connectivity index (χ1v) is 6.98. The maximum absolute atomic E-state index is 6.15. The zero-order chi connectivity index (χ0) is 15.3. The lowest BCUT2D eigenvalue weighted by molar-refractivity contribution is 0.885. The van der Waals surface area contributed by atoms with Crippen LogP contribution >= 0.6 is 0 Å². The molecule has 0 saturated carbocycles. The largest absolute Gasteiger partial charge is 0.399 e. The third kappa shape index (κ3) is 2.00. The minimum atomic E-state index is 0.304. The molecule has 21 heavy (non-hydrogen) atoms. The topological polar surface area (TPSA) is 104 Å². The van der Waals surface area contributed by atoms with Gasteiger partial charge in [0.2, 0.25) is 0 Å². The molecule has 0 heterocycles. The molecule has 0 radical (unpaired) electrons. The van der Waals surface area contributed by atoms with Crippen LogP contribution in [-0.4, -0.2) is 0 Å². The fourth-order valence-corrected chi connectivity index (χ4v) is 3.08. The summed E-state index contributed by atoms with van der Waals surface area (Å²) in [5.74, 6) is 0.304. The SMILES string of the molecule is CC(C)c1c2cc(N)cc(N)c2cc2c(N)cc(N)cc12. The molecule has 0 aliphatic heterocycles. The molecule has 0 bridgehead atoms. The van der Waals surface area contributed by atoms with Gasteiger partial charge in [-0.05, 0) is 52.6 Å². The molecule has 3 aromatic rings. The molecule has 4 heteroatoms. The maximum Gasteiger partial charge on any atom is 0.0414 e. The first-order chi connectivity index (χ1) is 9.88. The zero-order valence-electron chi connectivity index (χ0n) is 12.3. The standard InChI is InChI=1S/C17H20N4/c1-8(2)17-13-3-9(18)5-15(20)11(13)7-12-14(17)4-10(19)6-16(12)21/h3-8H,18-21H2,1-2H3. The highest BCUT2D eigenvalue weighted by molar-refractivity contribution is 6.11. The van der Waals surface area contributed by atoms with Gasteiger partial charge >= 0.3 is 0 Å². The number of hydrogen-bond donors (Lipinski definition) is 4. The third-order valence-electron chi connectivity index (χ3n) is 3.92. The number of nitrogens with two attached hydrogens (primary N) is 4. The molecule has 8 N–H and O–H groups in total. The second-order valence-corrected chi connectivity index (χ2v) is 5.86. The quantitative estimate of drug-likeness (QED) is 0.405. The fraction of sp³-hybridized carbons (Fsp3) is 0.176. The Kier molecular flexibility index (Phi) is 2.83. The van der Waals surface area contributed by atoms with E-state index in [2.05, 4.69) is 13.8 Å². The van der Waals surface area contributed by atoms with Crippen molar-refractivity contribution in [2.75, 3.05) is 22.9 Å². The predicted molar refractivity (Wildman–Crippen MR) is 93.2 cm³/mol. The number of anilines is 4. The van der Waals surface area contributed by atoms with Crippen LogP contribution in [0.25, 0.3) is 21.5 Å². The molecule has 108 valence electrons. The van der Waals surface area contributed by atoms with Crippen LogP contribution in [0.3, 0.4) is 0 Å². The Balaban J connectivity index is 2.63. The van der Waals surface area contributed by atoms with Gasteiger partial charge in [0.25, 0.3) is 0 Å². The van der Waals surface area contributed by atoms with E-state index in [1.54, 1.807) is 12.1 Å². The van der Waals surface area contributed by atoms with Crippen molar-refractivity contribution in [1.29, 1.82) is 0 Å². The lowest BCUT2D eigenvalue weighted by Gasteiger charge is -2.18. The summed E-state index contributed by atoms with van der Waals surface area (Å²) >= 11 is 0. The van der Waals surface area contributed by atoms with Gasteiger partial charge in [-0.1, -0.05) is 13.8 Å². The molecular formula is C17H20N4. The maximum atomic E-state index is 6.15. The van der Waals surface area contributed by atoms with Crippen molar-refractivity contribution < 1.29 is 0 Å². The average molecular weight is 280 g/mol. The zero-order valence-corrected chi connectivity index (χ0v) is 12.3. The Morgan fingerprint density at radius 3 is 1.43 bits per heavy atom. The highest BCUT2D eigenvalue weighted by atomic mass is 14.6. The van der Waals surface area contributed by atoms with Crippen LogP contribution in [0.5, 0.6) is 0 Å². The molecule has 4 nitrogen and oxygen atoms in total. The summed E-state index contributed by atoms with van der Waals surface area (Å²) in [6.07, 6.45) is 0. The molecule has 0 amide bonds. The van der Waals surface area contributed by atoms with Crippen LogP contribution in [0, 0.1) is 0 Å². The van der Waals surface area contributed by atoms with Gasteiger partial charge in [-0.3, -0.25) is 0 Å². The summed E-state index contributed by atoms with van der Waals surface area (Å²) in [5.41, 5.74) is 28.1. The van der Waals surface area contributed by atoms with Gasteiger partial charge < -0.3 is 22.9 Å². The first kappa shape index (κ1) is 13.4. The Morgan fingerprint density at radius 2 is 1.05 bits per heavy atom. The van der Waals surface area contributed by atoms with Crippen molar-refractivity contribution in [2.24, 2.45) is 0 Å². The second-order valence-electron chi connectivity index (χ2n) is 5.86. The van der Waals surface area contributed by atoms with E-state index in [-0.39, 0.29) is 0 Å². The van der Waals surface area contributed by atoms with Crippen molar-refractivity contribution >= 4 is 44.3 Å². The minimum Gasteiger partial charge on any atom is -0.399 e. The van der Waals surface area contributed by atoms with E-state index < -0.39 is 0 Å². The van der Waals surface area contributed by atoms with Crippen molar-refractivity contribution in [1.82, 2.24) is 0 Å². The molecule has 0 unspecified atom stereocenters. The summed E-state index contributed by atoms with van der Waals surface area (Å²) < 4.78 is 0. The van der Waals surface area contributed by atoms with Crippen LogP contribution in [-0.2, 0) is 0 Å².